The first-order chi connectivity index (χ1) is 18.5. The third-order valence-electron chi connectivity index (χ3n) is 7.46. The molecule has 8 heteroatoms. The Bertz CT molecular complexity index is 1150. The van der Waals surface area contributed by atoms with Crippen molar-refractivity contribution in [3.05, 3.63) is 64.1 Å². The van der Waals surface area contributed by atoms with E-state index in [2.05, 4.69) is 22.9 Å². The Labute approximate surface area is 248 Å². The minimum Gasteiger partial charge on any atom is -0.460 e. The van der Waals surface area contributed by atoms with Gasteiger partial charge in [-0.1, -0.05) is 52.3 Å². The van der Waals surface area contributed by atoms with Crippen LogP contribution in [0.5, 0.6) is 0 Å². The average molecular weight is 615 g/mol. The molecule has 3 rings (SSSR count). The largest absolute Gasteiger partial charge is 0.494 e. The predicted octanol–water partition coefficient (Wildman–Crippen LogP) is 6.74. The van der Waals surface area contributed by atoms with Crippen LogP contribution in [-0.4, -0.2) is 41.5 Å². The van der Waals surface area contributed by atoms with Crippen molar-refractivity contribution in [1.82, 2.24) is 0 Å². The van der Waals surface area contributed by atoms with Crippen LogP contribution in [0.2, 0.25) is 0 Å². The van der Waals surface area contributed by atoms with Crippen molar-refractivity contribution in [2.75, 3.05) is 0 Å². The Kier molecular flexibility index (Phi) is 10.3. The molecular formula is C32H44BBrO6. The van der Waals surface area contributed by atoms with E-state index in [0.717, 1.165) is 21.1 Å². The summed E-state index contributed by atoms with van der Waals surface area (Å²) in [4.78, 5) is 24.7. The van der Waals surface area contributed by atoms with E-state index in [4.69, 9.17) is 18.8 Å². The second-order valence-electron chi connectivity index (χ2n) is 13.0. The molecule has 1 heterocycles. The molecule has 0 radical (unpaired) electrons. The number of aryl methyl sites for hydroxylation is 2. The molecule has 0 amide bonds. The summed E-state index contributed by atoms with van der Waals surface area (Å²) in [7, 11) is -0.503. The molecule has 0 bridgehead atoms. The van der Waals surface area contributed by atoms with E-state index in [1.54, 1.807) is 0 Å². The fourth-order valence-electron chi connectivity index (χ4n) is 4.62. The Morgan fingerprint density at radius 3 is 1.82 bits per heavy atom. The number of halogens is 1. The van der Waals surface area contributed by atoms with Crippen LogP contribution < -0.4 is 5.46 Å². The Hall–Kier alpha value is -2.16. The lowest BCUT2D eigenvalue weighted by atomic mass is 9.78. The summed E-state index contributed by atoms with van der Waals surface area (Å²) in [6, 6.07) is 16.0. The van der Waals surface area contributed by atoms with Crippen molar-refractivity contribution in [3.8, 4) is 0 Å². The summed E-state index contributed by atoms with van der Waals surface area (Å²) in [6.07, 6.45) is 3.23. The molecule has 1 atom stereocenters. The van der Waals surface area contributed by atoms with Gasteiger partial charge in [-0.3, -0.25) is 9.59 Å². The maximum atomic E-state index is 12.6. The zero-order chi connectivity index (χ0) is 29.8. The zero-order valence-corrected chi connectivity index (χ0v) is 26.9. The normalized spacial score (nSPS) is 19.0. The van der Waals surface area contributed by atoms with E-state index in [-0.39, 0.29) is 11.9 Å². The Morgan fingerprint density at radius 2 is 1.30 bits per heavy atom. The molecule has 0 aliphatic carbocycles. The van der Waals surface area contributed by atoms with Crippen LogP contribution in [0.1, 0.15) is 92.2 Å². The third kappa shape index (κ3) is 9.46. The number of benzene rings is 2. The van der Waals surface area contributed by atoms with Crippen molar-refractivity contribution in [1.29, 1.82) is 0 Å². The summed E-state index contributed by atoms with van der Waals surface area (Å²) in [5.41, 5.74) is 0.853. The van der Waals surface area contributed by atoms with Gasteiger partial charge in [-0.25, -0.2) is 0 Å². The minimum absolute atomic E-state index is 0.199. The van der Waals surface area contributed by atoms with Gasteiger partial charge in [-0.2, -0.15) is 0 Å². The van der Waals surface area contributed by atoms with Crippen LogP contribution in [0.4, 0.5) is 0 Å². The van der Waals surface area contributed by atoms with E-state index in [1.807, 2.05) is 97.0 Å². The predicted molar refractivity (Wildman–Crippen MR) is 163 cm³/mol. The molecule has 2 aromatic carbocycles. The molecule has 40 heavy (non-hydrogen) atoms. The molecule has 218 valence electrons. The standard InChI is InChI=1S/C32H44BBrO6/c1-29(2,3)37-27(35)19-13-23-9-15-25(16-10-23)33-39-31(6,7)32(8,40-33)22-21-30(4,5)38-28(36)20-14-24-11-17-26(34)18-12-24/h9-12,15-18H,13-14,19-22H2,1-8H3. The number of hydrogen-bond acceptors (Lipinski definition) is 6. The summed E-state index contributed by atoms with van der Waals surface area (Å²) in [5.74, 6) is -0.402. The fraction of sp³-hybridized carbons (Fsp3) is 0.562. The van der Waals surface area contributed by atoms with E-state index >= 15 is 0 Å². The van der Waals surface area contributed by atoms with E-state index in [9.17, 15) is 9.59 Å². The number of rotatable bonds is 11. The van der Waals surface area contributed by atoms with E-state index < -0.39 is 29.5 Å². The van der Waals surface area contributed by atoms with Gasteiger partial charge >= 0.3 is 19.1 Å². The van der Waals surface area contributed by atoms with Crippen molar-refractivity contribution < 1.29 is 28.4 Å². The third-order valence-corrected chi connectivity index (χ3v) is 7.99. The highest BCUT2D eigenvalue weighted by atomic mass is 79.9. The molecule has 1 unspecified atom stereocenters. The van der Waals surface area contributed by atoms with Crippen molar-refractivity contribution in [2.24, 2.45) is 0 Å². The number of ether oxygens (including phenoxy) is 2. The molecule has 0 spiro atoms. The molecule has 1 aliphatic rings. The molecule has 1 aliphatic heterocycles. The monoisotopic (exact) mass is 614 g/mol. The number of carbonyl (C=O) groups is 2. The molecule has 0 saturated carbocycles. The molecule has 2 aromatic rings. The van der Waals surface area contributed by atoms with Crippen LogP contribution >= 0.6 is 15.9 Å². The molecule has 0 aromatic heterocycles. The van der Waals surface area contributed by atoms with Gasteiger partial charge in [0.25, 0.3) is 0 Å². The molecule has 1 fully saturated rings. The van der Waals surface area contributed by atoms with E-state index in [0.29, 0.717) is 38.5 Å². The van der Waals surface area contributed by atoms with Gasteiger partial charge in [-0.05, 0) is 110 Å². The lowest BCUT2D eigenvalue weighted by molar-refractivity contribution is -0.158. The Morgan fingerprint density at radius 1 is 0.800 bits per heavy atom. The lowest BCUT2D eigenvalue weighted by Crippen LogP contribution is -2.46. The van der Waals surface area contributed by atoms with Crippen molar-refractivity contribution in [3.63, 3.8) is 0 Å². The van der Waals surface area contributed by atoms with Gasteiger partial charge in [0.2, 0.25) is 0 Å². The van der Waals surface area contributed by atoms with Gasteiger partial charge in [0.05, 0.1) is 11.2 Å². The van der Waals surface area contributed by atoms with Crippen molar-refractivity contribution >= 4 is 40.4 Å². The number of carbonyl (C=O) groups excluding carboxylic acids is 2. The number of esters is 2. The van der Waals surface area contributed by atoms with Crippen molar-refractivity contribution in [2.45, 2.75) is 116 Å². The molecule has 0 N–H and O–H groups in total. The first-order valence-electron chi connectivity index (χ1n) is 14.1. The lowest BCUT2D eigenvalue weighted by Gasteiger charge is -2.38. The number of hydrogen-bond donors (Lipinski definition) is 0. The topological polar surface area (TPSA) is 71.1 Å². The summed E-state index contributed by atoms with van der Waals surface area (Å²) in [5, 5.41) is 0. The first kappa shape index (κ1) is 32.4. The molecule has 1 saturated heterocycles. The fourth-order valence-corrected chi connectivity index (χ4v) is 4.88. The van der Waals surface area contributed by atoms with Gasteiger partial charge in [0.15, 0.2) is 0 Å². The quantitative estimate of drug-likeness (QED) is 0.206. The highest BCUT2D eigenvalue weighted by Crippen LogP contribution is 2.42. The summed E-state index contributed by atoms with van der Waals surface area (Å²) >= 11 is 3.43. The summed E-state index contributed by atoms with van der Waals surface area (Å²) in [6.45, 7) is 15.7. The second kappa shape index (κ2) is 12.8. The average Bonchev–Trinajstić information content (AvgIpc) is 3.09. The van der Waals surface area contributed by atoms with Gasteiger partial charge < -0.3 is 18.8 Å². The maximum absolute atomic E-state index is 12.6. The smallest absolute Gasteiger partial charge is 0.460 e. The summed E-state index contributed by atoms with van der Waals surface area (Å²) < 4.78 is 25.2. The minimum atomic E-state index is -0.632. The Balaban J connectivity index is 1.52. The first-order valence-corrected chi connectivity index (χ1v) is 14.9. The highest BCUT2D eigenvalue weighted by Gasteiger charge is 2.54. The van der Waals surface area contributed by atoms with Gasteiger partial charge in [0.1, 0.15) is 11.2 Å². The highest BCUT2D eigenvalue weighted by molar-refractivity contribution is 9.10. The van der Waals surface area contributed by atoms with Gasteiger partial charge in [-0.15, -0.1) is 0 Å². The van der Waals surface area contributed by atoms with Gasteiger partial charge in [0, 0.05) is 17.3 Å². The molecule has 6 nitrogen and oxygen atoms in total. The van der Waals surface area contributed by atoms with Crippen LogP contribution in [0, 0.1) is 0 Å². The zero-order valence-electron chi connectivity index (χ0n) is 25.3. The molecular weight excluding hydrogens is 571 g/mol. The second-order valence-corrected chi connectivity index (χ2v) is 13.9. The van der Waals surface area contributed by atoms with Crippen LogP contribution in [0.15, 0.2) is 53.0 Å². The SMILES string of the molecule is CC(C)(C)OC(=O)CCc1ccc(B2OC(C)(C)C(C)(CCC(C)(C)OC(=O)CCc3ccc(Br)cc3)O2)cc1. The maximum Gasteiger partial charge on any atom is 0.494 e. The van der Waals surface area contributed by atoms with Crippen LogP contribution in [0.25, 0.3) is 0 Å². The van der Waals surface area contributed by atoms with Crippen LogP contribution in [0.3, 0.4) is 0 Å². The van der Waals surface area contributed by atoms with Crippen LogP contribution in [-0.2, 0) is 41.2 Å². The van der Waals surface area contributed by atoms with E-state index in [1.165, 1.54) is 0 Å².